The molecule has 2 N–H and O–H groups in total. The number of carbonyl (C=O) groups is 1. The topological polar surface area (TPSA) is 80.2 Å². The molecule has 1 heterocycles. The number of alkyl halides is 3. The predicted molar refractivity (Wildman–Crippen MR) is 158 cm³/mol. The molecule has 0 spiro atoms. The second-order valence-electron chi connectivity index (χ2n) is 10.2. The van der Waals surface area contributed by atoms with Gasteiger partial charge in [-0.15, -0.1) is 0 Å². The molecule has 222 valence electrons. The van der Waals surface area contributed by atoms with Gasteiger partial charge in [-0.25, -0.2) is 4.99 Å². The summed E-state index contributed by atoms with van der Waals surface area (Å²) in [6.45, 7) is -1.14. The van der Waals surface area contributed by atoms with Gasteiger partial charge < -0.3 is 19.9 Å². The number of benzene rings is 4. The summed E-state index contributed by atoms with van der Waals surface area (Å²) in [4.78, 5) is 18.6. The average Bonchev–Trinajstić information content (AvgIpc) is 3.41. The number of rotatable bonds is 11. The maximum atomic E-state index is 13.8. The second-order valence-corrected chi connectivity index (χ2v) is 10.2. The molecule has 2 atom stereocenters. The number of aliphatic hydroxyl groups is 1. The summed E-state index contributed by atoms with van der Waals surface area (Å²) in [7, 11) is 0. The van der Waals surface area contributed by atoms with Crippen molar-refractivity contribution in [3.63, 3.8) is 0 Å². The van der Waals surface area contributed by atoms with Crippen LogP contribution >= 0.6 is 0 Å². The number of aliphatic hydroxyl groups excluding tert-OH is 1. The highest BCUT2D eigenvalue weighted by atomic mass is 19.4. The van der Waals surface area contributed by atoms with Crippen LogP contribution in [0.1, 0.15) is 29.2 Å². The van der Waals surface area contributed by atoms with Gasteiger partial charge in [0.05, 0.1) is 6.61 Å². The van der Waals surface area contributed by atoms with Crippen molar-refractivity contribution in [3.8, 4) is 16.9 Å². The van der Waals surface area contributed by atoms with Gasteiger partial charge in [-0.05, 0) is 46.5 Å². The van der Waals surface area contributed by atoms with E-state index in [1.165, 1.54) is 0 Å². The van der Waals surface area contributed by atoms with Crippen molar-refractivity contribution in [1.82, 2.24) is 5.32 Å². The van der Waals surface area contributed by atoms with Gasteiger partial charge in [-0.3, -0.25) is 4.79 Å². The zero-order valence-electron chi connectivity index (χ0n) is 23.3. The predicted octanol–water partition coefficient (Wildman–Crippen LogP) is 6.29. The molecule has 0 fully saturated rings. The number of carbonyl (C=O) groups excluding carboxylic acids is 1. The molecule has 0 aliphatic carbocycles. The summed E-state index contributed by atoms with van der Waals surface area (Å²) < 4.78 is 51.8. The Labute approximate surface area is 247 Å². The molecule has 0 unspecified atom stereocenters. The molecule has 1 amide bonds. The second kappa shape index (κ2) is 13.1. The molecular weight excluding hydrogens is 557 g/mol. The molecule has 0 saturated carbocycles. The molecule has 4 aromatic rings. The highest BCUT2D eigenvalue weighted by Gasteiger charge is 2.53. The Morgan fingerprint density at radius 1 is 0.860 bits per heavy atom. The summed E-state index contributed by atoms with van der Waals surface area (Å²) in [5.41, 5.74) is 2.07. The first-order valence-corrected chi connectivity index (χ1v) is 13.9. The first kappa shape index (κ1) is 29.8. The average molecular weight is 589 g/mol. The summed E-state index contributed by atoms with van der Waals surface area (Å²) >= 11 is 0. The molecule has 9 heteroatoms. The summed E-state index contributed by atoms with van der Waals surface area (Å²) in [6.07, 6.45) is -5.12. The largest absolute Gasteiger partial charge is 0.494 e. The highest BCUT2D eigenvalue weighted by Crippen LogP contribution is 2.43. The van der Waals surface area contributed by atoms with Crippen LogP contribution in [0.2, 0.25) is 0 Å². The van der Waals surface area contributed by atoms with Crippen LogP contribution in [-0.4, -0.2) is 48.4 Å². The molecule has 0 saturated heterocycles. The molecule has 43 heavy (non-hydrogen) atoms. The molecular formula is C34H31F3N2O4. The fourth-order valence-electron chi connectivity index (χ4n) is 5.00. The van der Waals surface area contributed by atoms with Crippen LogP contribution < -0.4 is 10.1 Å². The minimum absolute atomic E-state index is 0.00842. The van der Waals surface area contributed by atoms with E-state index in [0.29, 0.717) is 29.9 Å². The first-order chi connectivity index (χ1) is 20.8. The number of halogens is 3. The lowest BCUT2D eigenvalue weighted by Crippen LogP contribution is -2.51. The van der Waals surface area contributed by atoms with Crippen molar-refractivity contribution in [1.29, 1.82) is 0 Å². The van der Waals surface area contributed by atoms with Gasteiger partial charge in [0.15, 0.2) is 11.6 Å². The normalized spacial score (nSPS) is 18.0. The third kappa shape index (κ3) is 7.24. The summed E-state index contributed by atoms with van der Waals surface area (Å²) in [5.74, 6) is -0.177. The van der Waals surface area contributed by atoms with Crippen molar-refractivity contribution in [2.45, 2.75) is 30.7 Å². The van der Waals surface area contributed by atoms with Crippen LogP contribution in [0.5, 0.6) is 5.75 Å². The van der Waals surface area contributed by atoms with E-state index in [2.05, 4.69) is 5.32 Å². The van der Waals surface area contributed by atoms with Crippen LogP contribution in [-0.2, 0) is 16.0 Å². The summed E-state index contributed by atoms with van der Waals surface area (Å²) in [6, 6.07) is 33.1. The highest BCUT2D eigenvalue weighted by molar-refractivity contribution is 6.01. The van der Waals surface area contributed by atoms with Gasteiger partial charge >= 0.3 is 6.18 Å². The van der Waals surface area contributed by atoms with E-state index in [1.807, 2.05) is 60.7 Å². The molecule has 4 aromatic carbocycles. The minimum atomic E-state index is -4.60. The Bertz CT molecular complexity index is 1530. The smallest absolute Gasteiger partial charge is 0.405 e. The molecule has 1 aliphatic rings. The first-order valence-electron chi connectivity index (χ1n) is 13.9. The van der Waals surface area contributed by atoms with Crippen molar-refractivity contribution in [2.24, 2.45) is 4.99 Å². The lowest BCUT2D eigenvalue weighted by molar-refractivity contribution is -0.143. The Hall–Kier alpha value is -4.63. The van der Waals surface area contributed by atoms with Gasteiger partial charge in [0.2, 0.25) is 5.90 Å². The van der Waals surface area contributed by atoms with Crippen LogP contribution in [0.3, 0.4) is 0 Å². The molecule has 0 bridgehead atoms. The molecule has 0 aromatic heterocycles. The number of nitrogens with zero attached hydrogens (tertiary/aromatic N) is 1. The Kier molecular flexibility index (Phi) is 9.11. The monoisotopic (exact) mass is 588 g/mol. The molecule has 0 radical (unpaired) electrons. The molecule has 1 aliphatic heterocycles. The maximum absolute atomic E-state index is 13.8. The SMILES string of the molecule is O=C(NCC(F)(F)F)[C@]1(Cc2ccccc2)N=C(c2ccc(OCCCO)cc2)O[C@@H]1c1ccc(-c2ccccc2)cc1. The summed E-state index contributed by atoms with van der Waals surface area (Å²) in [5, 5.41) is 11.1. The number of aliphatic imine (C=N–C) groups is 1. The Balaban J connectivity index is 1.55. The third-order valence-corrected chi connectivity index (χ3v) is 7.12. The van der Waals surface area contributed by atoms with Gasteiger partial charge in [-0.1, -0.05) is 84.9 Å². The number of hydrogen-bond acceptors (Lipinski definition) is 5. The third-order valence-electron chi connectivity index (χ3n) is 7.12. The van der Waals surface area contributed by atoms with E-state index in [0.717, 1.165) is 16.7 Å². The van der Waals surface area contributed by atoms with Gasteiger partial charge in [0, 0.05) is 25.0 Å². The van der Waals surface area contributed by atoms with Gasteiger partial charge in [-0.2, -0.15) is 13.2 Å². The Morgan fingerprint density at radius 2 is 1.47 bits per heavy atom. The van der Waals surface area contributed by atoms with Crippen molar-refractivity contribution < 1.29 is 32.5 Å². The number of amides is 1. The van der Waals surface area contributed by atoms with E-state index in [-0.39, 0.29) is 18.9 Å². The standard InChI is InChI=1S/C34H31F3N2O4/c35-34(36,37)23-38-32(41)33(22-24-8-3-1-4-9-24)30(27-14-12-26(13-15-27)25-10-5-2-6-11-25)43-31(39-33)28-16-18-29(19-17-28)42-21-7-20-40/h1-6,8-19,30,40H,7,20-23H2,(H,38,41)/t30-,33-/m1/s1. The number of hydrogen-bond donors (Lipinski definition) is 2. The Morgan fingerprint density at radius 3 is 2.09 bits per heavy atom. The van der Waals surface area contributed by atoms with E-state index in [9.17, 15) is 18.0 Å². The zero-order chi connectivity index (χ0) is 30.3. The molecule has 6 nitrogen and oxygen atoms in total. The number of ether oxygens (including phenoxy) is 2. The quantitative estimate of drug-likeness (QED) is 0.202. The lowest BCUT2D eigenvalue weighted by atomic mass is 9.81. The number of nitrogens with one attached hydrogen (secondary N) is 1. The van der Waals surface area contributed by atoms with E-state index in [1.54, 1.807) is 48.5 Å². The minimum Gasteiger partial charge on any atom is -0.494 e. The van der Waals surface area contributed by atoms with Crippen LogP contribution in [0, 0.1) is 0 Å². The zero-order valence-corrected chi connectivity index (χ0v) is 23.3. The van der Waals surface area contributed by atoms with Crippen molar-refractivity contribution in [3.05, 3.63) is 126 Å². The van der Waals surface area contributed by atoms with E-state index in [4.69, 9.17) is 19.6 Å². The fourth-order valence-corrected chi connectivity index (χ4v) is 5.00. The van der Waals surface area contributed by atoms with E-state index >= 15 is 0 Å². The van der Waals surface area contributed by atoms with Gasteiger partial charge in [0.1, 0.15) is 12.3 Å². The maximum Gasteiger partial charge on any atom is 0.405 e. The van der Waals surface area contributed by atoms with Crippen LogP contribution in [0.15, 0.2) is 114 Å². The fraction of sp³-hybridized carbons (Fsp3) is 0.235. The lowest BCUT2D eigenvalue weighted by Gasteiger charge is -2.31. The van der Waals surface area contributed by atoms with Crippen molar-refractivity contribution >= 4 is 11.8 Å². The van der Waals surface area contributed by atoms with Gasteiger partial charge in [0.25, 0.3) is 5.91 Å². The van der Waals surface area contributed by atoms with Crippen molar-refractivity contribution in [2.75, 3.05) is 19.8 Å². The van der Waals surface area contributed by atoms with Crippen LogP contribution in [0.4, 0.5) is 13.2 Å². The van der Waals surface area contributed by atoms with Crippen LogP contribution in [0.25, 0.3) is 11.1 Å². The van der Waals surface area contributed by atoms with E-state index < -0.39 is 30.3 Å². The molecule has 5 rings (SSSR count).